The van der Waals surface area contributed by atoms with Crippen LogP contribution in [0.4, 0.5) is 5.69 Å². The number of benzene rings is 4. The Morgan fingerprint density at radius 2 is 1.53 bits per heavy atom. The standard InChI is InChI=1S/C56H58N8O6/c57-52-50-49(39-18-7-3-8-19-39)51(40-20-9-4-10-21-40)62(53(50)60-36-63(52)42-24-26-43(65)27-25-42)35-38-17-14-16-37(33-38)15-6-1-2-12-32-59-47(66)22-11-5-13-31-58-41-23-28-44-45(34-41)56(70)64(55(44)69)46-29-30-48(67)61-54(46)68/h3-4,7-10,14,16-21,23,28,33-34,36,42-43,46,57-58,65H,1-2,5,11-13,22,24-27,29-32,35H2,(H,59,66)(H,61,67,68). The van der Waals surface area contributed by atoms with Gasteiger partial charge in [-0.3, -0.25) is 39.6 Å². The average Bonchev–Trinajstić information content (AvgIpc) is 3.83. The summed E-state index contributed by atoms with van der Waals surface area (Å²) >= 11 is 0. The third-order valence-electron chi connectivity index (χ3n) is 13.6. The van der Waals surface area contributed by atoms with Gasteiger partial charge in [0.15, 0.2) is 0 Å². The molecule has 14 heteroatoms. The molecule has 5 N–H and O–H groups in total. The molecule has 4 aromatic carbocycles. The number of aliphatic hydroxyl groups is 1. The number of unbranched alkanes of at least 4 members (excludes halogenated alkanes) is 4. The van der Waals surface area contributed by atoms with Crippen molar-refractivity contribution in [2.24, 2.45) is 0 Å². The maximum Gasteiger partial charge on any atom is 0.262 e. The molecule has 3 aliphatic rings. The molecular weight excluding hydrogens is 881 g/mol. The second kappa shape index (κ2) is 21.8. The molecule has 6 aromatic rings. The number of anilines is 1. The van der Waals surface area contributed by atoms with Gasteiger partial charge in [-0.05, 0) is 105 Å². The van der Waals surface area contributed by atoms with Crippen molar-refractivity contribution < 1.29 is 29.1 Å². The van der Waals surface area contributed by atoms with Crippen molar-refractivity contribution in [3.8, 4) is 34.2 Å². The molecular formula is C56H58N8O6. The maximum absolute atomic E-state index is 13.1. The summed E-state index contributed by atoms with van der Waals surface area (Å²) in [5, 5.41) is 29.2. The van der Waals surface area contributed by atoms with Crippen LogP contribution in [0.5, 0.6) is 0 Å². The van der Waals surface area contributed by atoms with Crippen molar-refractivity contribution in [1.82, 2.24) is 29.7 Å². The minimum atomic E-state index is -0.999. The molecule has 1 atom stereocenters. The van der Waals surface area contributed by atoms with Gasteiger partial charge in [0.2, 0.25) is 17.7 Å². The molecule has 5 amide bonds. The van der Waals surface area contributed by atoms with Crippen LogP contribution in [0.3, 0.4) is 0 Å². The number of rotatable bonds is 17. The van der Waals surface area contributed by atoms with E-state index in [1.54, 1.807) is 18.2 Å². The SMILES string of the molecule is N=c1c2c(-c3ccccc3)c(-c3ccccc3)n(Cc3cccc(C#CCCCCNC(=O)CCCCCNc4ccc5c(c4)C(=O)N(C4CCC(=O)NC4=O)C5=O)c3)c2ncn1C1CCC(O)CC1. The fourth-order valence-corrected chi connectivity index (χ4v) is 9.97. The minimum Gasteiger partial charge on any atom is -0.393 e. The summed E-state index contributed by atoms with van der Waals surface area (Å²) in [6.07, 6.45) is 9.99. The number of nitrogens with one attached hydrogen (secondary N) is 4. The Morgan fingerprint density at radius 3 is 2.30 bits per heavy atom. The Morgan fingerprint density at radius 1 is 0.786 bits per heavy atom. The third kappa shape index (κ3) is 10.5. The summed E-state index contributed by atoms with van der Waals surface area (Å²) in [6.45, 7) is 1.75. The normalized spacial score (nSPS) is 17.8. The first kappa shape index (κ1) is 47.4. The van der Waals surface area contributed by atoms with E-state index in [1.165, 1.54) is 0 Å². The predicted octanol–water partition coefficient (Wildman–Crippen LogP) is 7.89. The van der Waals surface area contributed by atoms with Gasteiger partial charge in [-0.2, -0.15) is 0 Å². The number of imide groups is 2. The van der Waals surface area contributed by atoms with E-state index in [9.17, 15) is 34.5 Å². The number of hydrogen-bond donors (Lipinski definition) is 5. The van der Waals surface area contributed by atoms with Gasteiger partial charge in [-0.15, -0.1) is 0 Å². The molecule has 2 aromatic heterocycles. The van der Waals surface area contributed by atoms with Crippen molar-refractivity contribution in [3.05, 3.63) is 137 Å². The first-order chi connectivity index (χ1) is 34.1. The molecule has 2 fully saturated rings. The van der Waals surface area contributed by atoms with Crippen LogP contribution in [-0.4, -0.2) is 78.9 Å². The van der Waals surface area contributed by atoms with E-state index in [4.69, 9.17) is 4.98 Å². The zero-order valence-electron chi connectivity index (χ0n) is 39.2. The summed E-state index contributed by atoms with van der Waals surface area (Å²) in [6, 6.07) is 33.0. The zero-order chi connectivity index (χ0) is 48.6. The number of hydrogen-bond acceptors (Lipinski definition) is 9. The molecule has 2 aliphatic heterocycles. The van der Waals surface area contributed by atoms with Gasteiger partial charge in [0.1, 0.15) is 17.2 Å². The van der Waals surface area contributed by atoms with Gasteiger partial charge >= 0.3 is 0 Å². The number of nitrogens with zero attached hydrogens (tertiary/aromatic N) is 4. The molecule has 0 spiro atoms. The Bertz CT molecular complexity index is 3050. The number of fused-ring (bicyclic) bond motifs is 2. The average molecular weight is 939 g/mol. The molecule has 1 saturated heterocycles. The van der Waals surface area contributed by atoms with E-state index in [0.717, 1.165) is 107 Å². The Hall–Kier alpha value is -7.63. The summed E-state index contributed by atoms with van der Waals surface area (Å²) in [7, 11) is 0. The summed E-state index contributed by atoms with van der Waals surface area (Å²) < 4.78 is 4.25. The quantitative estimate of drug-likeness (QED) is 0.0347. The van der Waals surface area contributed by atoms with Crippen LogP contribution in [-0.2, 0) is 20.9 Å². The molecule has 70 heavy (non-hydrogen) atoms. The first-order valence-corrected chi connectivity index (χ1v) is 24.6. The van der Waals surface area contributed by atoms with Crippen molar-refractivity contribution >= 4 is 46.3 Å². The first-order valence-electron chi connectivity index (χ1n) is 24.6. The zero-order valence-corrected chi connectivity index (χ0v) is 39.2. The number of carbonyl (C=O) groups excluding carboxylic acids is 5. The fraction of sp³-hybridized carbons (Fsp3) is 0.339. The van der Waals surface area contributed by atoms with E-state index in [0.29, 0.717) is 43.7 Å². The lowest BCUT2D eigenvalue weighted by molar-refractivity contribution is -0.136. The lowest BCUT2D eigenvalue weighted by atomic mass is 9.93. The molecule has 4 heterocycles. The molecule has 14 nitrogen and oxygen atoms in total. The van der Waals surface area contributed by atoms with Crippen molar-refractivity contribution in [1.29, 1.82) is 5.41 Å². The van der Waals surface area contributed by atoms with Crippen LogP contribution in [0.1, 0.15) is 121 Å². The Balaban J connectivity index is 0.748. The van der Waals surface area contributed by atoms with Crippen molar-refractivity contribution in [3.63, 3.8) is 0 Å². The smallest absolute Gasteiger partial charge is 0.262 e. The maximum atomic E-state index is 13.1. The van der Waals surface area contributed by atoms with Crippen LogP contribution >= 0.6 is 0 Å². The van der Waals surface area contributed by atoms with Gasteiger partial charge < -0.3 is 24.9 Å². The summed E-state index contributed by atoms with van der Waals surface area (Å²) in [4.78, 5) is 68.6. The lowest BCUT2D eigenvalue weighted by Gasteiger charge is -2.27. The highest BCUT2D eigenvalue weighted by molar-refractivity contribution is 6.23. The Labute approximate surface area is 407 Å². The largest absolute Gasteiger partial charge is 0.393 e. The van der Waals surface area contributed by atoms with Crippen LogP contribution in [0, 0.1) is 17.3 Å². The van der Waals surface area contributed by atoms with Gasteiger partial charge in [-0.1, -0.05) is 91.1 Å². The van der Waals surface area contributed by atoms with E-state index >= 15 is 0 Å². The molecule has 9 rings (SSSR count). The van der Waals surface area contributed by atoms with Crippen molar-refractivity contribution in [2.75, 3.05) is 18.4 Å². The van der Waals surface area contributed by atoms with Crippen LogP contribution in [0.25, 0.3) is 33.4 Å². The Kier molecular flexibility index (Phi) is 14.8. The predicted molar refractivity (Wildman–Crippen MR) is 267 cm³/mol. The topological polar surface area (TPSA) is 192 Å². The van der Waals surface area contributed by atoms with Gasteiger partial charge in [0.25, 0.3) is 11.8 Å². The van der Waals surface area contributed by atoms with E-state index in [-0.39, 0.29) is 42.0 Å². The second-order valence-corrected chi connectivity index (χ2v) is 18.5. The molecule has 358 valence electrons. The monoisotopic (exact) mass is 938 g/mol. The molecule has 1 unspecified atom stereocenters. The highest BCUT2D eigenvalue weighted by atomic mass is 16.3. The number of amides is 5. The number of aromatic nitrogens is 3. The lowest BCUT2D eigenvalue weighted by Crippen LogP contribution is -2.54. The van der Waals surface area contributed by atoms with Gasteiger partial charge in [-0.25, -0.2) is 4.98 Å². The van der Waals surface area contributed by atoms with Gasteiger partial charge in [0, 0.05) is 61.8 Å². The van der Waals surface area contributed by atoms with Crippen LogP contribution in [0.15, 0.2) is 109 Å². The van der Waals surface area contributed by atoms with E-state index in [2.05, 4.69) is 68.8 Å². The summed E-state index contributed by atoms with van der Waals surface area (Å²) in [5.41, 5.74) is 8.40. The highest BCUT2D eigenvalue weighted by Crippen LogP contribution is 2.40. The fourth-order valence-electron chi connectivity index (χ4n) is 9.97. The van der Waals surface area contributed by atoms with E-state index in [1.807, 2.05) is 59.4 Å². The third-order valence-corrected chi connectivity index (χ3v) is 13.6. The molecule has 1 saturated carbocycles. The van der Waals surface area contributed by atoms with E-state index < -0.39 is 29.7 Å². The second-order valence-electron chi connectivity index (χ2n) is 18.5. The summed E-state index contributed by atoms with van der Waals surface area (Å²) in [5.74, 6) is 4.60. The molecule has 0 bridgehead atoms. The van der Waals surface area contributed by atoms with Crippen LogP contribution in [0.2, 0.25) is 0 Å². The van der Waals surface area contributed by atoms with Crippen LogP contribution < -0.4 is 21.4 Å². The molecule has 1 aliphatic carbocycles. The highest BCUT2D eigenvalue weighted by Gasteiger charge is 2.44. The number of piperidine rings is 1. The van der Waals surface area contributed by atoms with Crippen molar-refractivity contribution in [2.45, 2.75) is 108 Å². The number of aliphatic hydroxyl groups excluding tert-OH is 1. The van der Waals surface area contributed by atoms with Gasteiger partial charge in [0.05, 0.1) is 34.6 Å². The molecule has 0 radical (unpaired) electrons. The minimum absolute atomic E-state index is 0.0262. The number of carbonyl (C=O) groups is 5.